The lowest BCUT2D eigenvalue weighted by Gasteiger charge is -2.22. The molecule has 0 bridgehead atoms. The Hall–Kier alpha value is -1.38. The van der Waals surface area contributed by atoms with Crippen LogP contribution in [0.5, 0.6) is 0 Å². The number of urea groups is 1. The first-order valence-corrected chi connectivity index (χ1v) is 6.58. The van der Waals surface area contributed by atoms with E-state index in [0.29, 0.717) is 19.7 Å². The summed E-state index contributed by atoms with van der Waals surface area (Å²) in [6.07, 6.45) is -0.692. The predicted octanol–water partition coefficient (Wildman–Crippen LogP) is -1.21. The lowest BCUT2D eigenvalue weighted by Crippen LogP contribution is -2.47. The minimum atomic E-state index is -1.09. The third kappa shape index (κ3) is 4.95. The molecular formula is C12H23N3O5. The second-order valence-electron chi connectivity index (χ2n) is 4.92. The molecule has 8 heteroatoms. The summed E-state index contributed by atoms with van der Waals surface area (Å²) in [5.41, 5.74) is 0. The number of likely N-dealkylation sites (tertiary alicyclic amines) is 1. The first kappa shape index (κ1) is 16.7. The third-order valence-corrected chi connectivity index (χ3v) is 3.27. The number of carboxylic acid groups (broad SMARTS) is 1. The first-order chi connectivity index (χ1) is 9.45. The molecular weight excluding hydrogens is 266 g/mol. The van der Waals surface area contributed by atoms with E-state index in [1.54, 1.807) is 7.11 Å². The second-order valence-corrected chi connectivity index (χ2v) is 4.92. The summed E-state index contributed by atoms with van der Waals surface area (Å²) in [6, 6.07) is -1.40. The quantitative estimate of drug-likeness (QED) is 0.544. The Morgan fingerprint density at radius 3 is 2.75 bits per heavy atom. The van der Waals surface area contributed by atoms with Crippen LogP contribution in [0.25, 0.3) is 0 Å². The molecule has 0 radical (unpaired) electrons. The van der Waals surface area contributed by atoms with Crippen LogP contribution in [0.3, 0.4) is 0 Å². The molecule has 0 aromatic rings. The predicted molar refractivity (Wildman–Crippen MR) is 71.5 cm³/mol. The summed E-state index contributed by atoms with van der Waals surface area (Å²) in [5, 5.41) is 21.1. The third-order valence-electron chi connectivity index (χ3n) is 3.27. The van der Waals surface area contributed by atoms with Gasteiger partial charge >= 0.3 is 12.0 Å². The highest BCUT2D eigenvalue weighted by Gasteiger charge is 2.38. The number of nitrogens with zero attached hydrogens (tertiary/aromatic N) is 2. The lowest BCUT2D eigenvalue weighted by molar-refractivity contribution is -0.141. The van der Waals surface area contributed by atoms with Crippen molar-refractivity contribution in [2.75, 3.05) is 46.9 Å². The first-order valence-electron chi connectivity index (χ1n) is 6.58. The number of methoxy groups -OCH3 is 1. The van der Waals surface area contributed by atoms with E-state index in [2.05, 4.69) is 5.32 Å². The molecule has 8 nitrogen and oxygen atoms in total. The summed E-state index contributed by atoms with van der Waals surface area (Å²) in [5.74, 6) is -1.09. The molecule has 2 atom stereocenters. The summed E-state index contributed by atoms with van der Waals surface area (Å²) < 4.78 is 4.94. The zero-order valence-electron chi connectivity index (χ0n) is 11.9. The molecule has 0 aliphatic carbocycles. The minimum Gasteiger partial charge on any atom is -0.480 e. The van der Waals surface area contributed by atoms with E-state index in [1.165, 1.54) is 4.90 Å². The minimum absolute atomic E-state index is 0.0579. The highest BCUT2D eigenvalue weighted by molar-refractivity contribution is 5.83. The molecule has 1 saturated heterocycles. The molecule has 20 heavy (non-hydrogen) atoms. The number of aliphatic hydroxyl groups is 1. The van der Waals surface area contributed by atoms with Crippen LogP contribution >= 0.6 is 0 Å². The molecule has 0 aromatic heterocycles. The van der Waals surface area contributed by atoms with Gasteiger partial charge < -0.3 is 30.1 Å². The van der Waals surface area contributed by atoms with Crippen LogP contribution in [-0.4, -0.2) is 91.1 Å². The molecule has 0 spiro atoms. The number of carbonyl (C=O) groups is 2. The number of aliphatic carboxylic acids is 1. The van der Waals surface area contributed by atoms with Crippen LogP contribution in [0.15, 0.2) is 0 Å². The fraction of sp³-hybridized carbons (Fsp3) is 0.833. The maximum absolute atomic E-state index is 11.9. The Kier molecular flexibility index (Phi) is 6.69. The van der Waals surface area contributed by atoms with Crippen molar-refractivity contribution >= 4 is 12.0 Å². The Labute approximate surface area is 118 Å². The van der Waals surface area contributed by atoms with Gasteiger partial charge in [-0.15, -0.1) is 0 Å². The van der Waals surface area contributed by atoms with Gasteiger partial charge in [-0.2, -0.15) is 0 Å². The Balaban J connectivity index is 2.33. The molecule has 1 fully saturated rings. The van der Waals surface area contributed by atoms with Gasteiger partial charge in [-0.25, -0.2) is 9.59 Å². The van der Waals surface area contributed by atoms with Crippen molar-refractivity contribution in [2.45, 2.75) is 18.6 Å². The summed E-state index contributed by atoms with van der Waals surface area (Å²) in [7, 11) is 3.53. The van der Waals surface area contributed by atoms with Crippen molar-refractivity contribution < 1.29 is 24.5 Å². The summed E-state index contributed by atoms with van der Waals surface area (Å²) in [4.78, 5) is 26.1. The van der Waals surface area contributed by atoms with Gasteiger partial charge in [-0.1, -0.05) is 0 Å². The Morgan fingerprint density at radius 1 is 1.45 bits per heavy atom. The zero-order valence-corrected chi connectivity index (χ0v) is 11.9. The van der Waals surface area contributed by atoms with Crippen molar-refractivity contribution in [3.63, 3.8) is 0 Å². The van der Waals surface area contributed by atoms with Crippen molar-refractivity contribution in [1.29, 1.82) is 0 Å². The van der Waals surface area contributed by atoms with E-state index < -0.39 is 24.1 Å². The van der Waals surface area contributed by atoms with E-state index in [4.69, 9.17) is 9.84 Å². The number of carbonyl (C=O) groups excluding carboxylic acids is 1. The Morgan fingerprint density at radius 2 is 2.15 bits per heavy atom. The van der Waals surface area contributed by atoms with Gasteiger partial charge in [0, 0.05) is 39.7 Å². The SMILES string of the molecule is COCCN(C)CCNC(=O)N1CC(O)CC1C(=O)O. The molecule has 1 heterocycles. The van der Waals surface area contributed by atoms with Crippen molar-refractivity contribution in [3.8, 4) is 0 Å². The molecule has 3 N–H and O–H groups in total. The van der Waals surface area contributed by atoms with Crippen LogP contribution in [0, 0.1) is 0 Å². The van der Waals surface area contributed by atoms with Crippen LogP contribution < -0.4 is 5.32 Å². The van der Waals surface area contributed by atoms with E-state index in [0.717, 1.165) is 6.54 Å². The van der Waals surface area contributed by atoms with Gasteiger partial charge in [0.2, 0.25) is 0 Å². The molecule has 0 saturated carbocycles. The smallest absolute Gasteiger partial charge is 0.326 e. The van der Waals surface area contributed by atoms with Gasteiger partial charge in [0.1, 0.15) is 6.04 Å². The number of aliphatic hydroxyl groups excluding tert-OH is 1. The molecule has 1 aliphatic rings. The molecule has 1 aliphatic heterocycles. The van der Waals surface area contributed by atoms with Crippen LogP contribution in [0.4, 0.5) is 4.79 Å². The number of ether oxygens (including phenoxy) is 1. The van der Waals surface area contributed by atoms with Crippen LogP contribution in [0.1, 0.15) is 6.42 Å². The second kappa shape index (κ2) is 8.03. The highest BCUT2D eigenvalue weighted by Crippen LogP contribution is 2.17. The van der Waals surface area contributed by atoms with Crippen molar-refractivity contribution in [2.24, 2.45) is 0 Å². The fourth-order valence-corrected chi connectivity index (χ4v) is 2.09. The number of likely N-dealkylation sites (N-methyl/N-ethyl adjacent to an activating group) is 1. The number of β-amino-alcohol motifs (C(OH)–C–C–N with tert-alkyl or cyclic N) is 1. The number of amides is 2. The summed E-state index contributed by atoms with van der Waals surface area (Å²) in [6.45, 7) is 2.49. The van der Waals surface area contributed by atoms with E-state index in [1.807, 2.05) is 11.9 Å². The average molecular weight is 289 g/mol. The molecule has 116 valence electrons. The van der Waals surface area contributed by atoms with Gasteiger partial charge in [-0.05, 0) is 7.05 Å². The number of hydrogen-bond acceptors (Lipinski definition) is 5. The number of nitrogens with one attached hydrogen (secondary N) is 1. The fourth-order valence-electron chi connectivity index (χ4n) is 2.09. The molecule has 2 amide bonds. The van der Waals surface area contributed by atoms with E-state index in [9.17, 15) is 14.7 Å². The van der Waals surface area contributed by atoms with Crippen molar-refractivity contribution in [3.05, 3.63) is 0 Å². The number of rotatable bonds is 7. The average Bonchev–Trinajstić information content (AvgIpc) is 2.78. The standard InChI is InChI=1S/C12H23N3O5/c1-14(5-6-20-2)4-3-13-12(19)15-8-9(16)7-10(15)11(17)18/h9-10,16H,3-8H2,1-2H3,(H,13,19)(H,17,18). The molecule has 2 unspecified atom stereocenters. The monoisotopic (exact) mass is 289 g/mol. The van der Waals surface area contributed by atoms with Gasteiger partial charge in [0.25, 0.3) is 0 Å². The highest BCUT2D eigenvalue weighted by atomic mass is 16.5. The van der Waals surface area contributed by atoms with Gasteiger partial charge in [-0.3, -0.25) is 0 Å². The summed E-state index contributed by atoms with van der Waals surface area (Å²) >= 11 is 0. The largest absolute Gasteiger partial charge is 0.480 e. The normalized spacial score (nSPS) is 22.3. The zero-order chi connectivity index (χ0) is 15.1. The molecule has 1 rings (SSSR count). The van der Waals surface area contributed by atoms with Crippen LogP contribution in [-0.2, 0) is 9.53 Å². The van der Waals surface area contributed by atoms with E-state index >= 15 is 0 Å². The van der Waals surface area contributed by atoms with Crippen LogP contribution in [0.2, 0.25) is 0 Å². The number of carboxylic acids is 1. The number of hydrogen-bond donors (Lipinski definition) is 3. The lowest BCUT2D eigenvalue weighted by atomic mass is 10.2. The molecule has 0 aromatic carbocycles. The van der Waals surface area contributed by atoms with Gasteiger partial charge in [0.05, 0.1) is 12.7 Å². The maximum atomic E-state index is 11.9. The topological polar surface area (TPSA) is 102 Å². The van der Waals surface area contributed by atoms with Crippen molar-refractivity contribution in [1.82, 2.24) is 15.1 Å². The van der Waals surface area contributed by atoms with E-state index in [-0.39, 0.29) is 13.0 Å². The van der Waals surface area contributed by atoms with Gasteiger partial charge in [0.15, 0.2) is 0 Å². The Bertz CT molecular complexity index is 339. The maximum Gasteiger partial charge on any atom is 0.326 e.